The van der Waals surface area contributed by atoms with E-state index in [1.165, 1.54) is 11.1 Å². The molecule has 1 aromatic carbocycles. The molecule has 1 unspecified atom stereocenters. The number of aryl methyl sites for hydroxylation is 1. The van der Waals surface area contributed by atoms with E-state index < -0.39 is 0 Å². The average molecular weight is 312 g/mol. The molecule has 1 atom stereocenters. The molecule has 0 saturated heterocycles. The molecule has 0 fully saturated rings. The highest BCUT2D eigenvalue weighted by Crippen LogP contribution is 2.30. The molecule has 1 aromatic heterocycles. The van der Waals surface area contributed by atoms with Gasteiger partial charge < -0.3 is 10.0 Å². The maximum Gasteiger partial charge on any atom is 0.225 e. The molecule has 1 aliphatic rings. The Morgan fingerprint density at radius 3 is 2.78 bits per heavy atom. The second kappa shape index (κ2) is 6.64. The van der Waals surface area contributed by atoms with E-state index in [1.807, 2.05) is 38.1 Å². The van der Waals surface area contributed by atoms with Gasteiger partial charge in [-0.1, -0.05) is 24.3 Å². The zero-order valence-corrected chi connectivity index (χ0v) is 14.0. The summed E-state index contributed by atoms with van der Waals surface area (Å²) >= 11 is 0. The highest BCUT2D eigenvalue weighted by Gasteiger charge is 2.26. The molecule has 0 bridgehead atoms. The van der Waals surface area contributed by atoms with Crippen LogP contribution < -0.4 is 4.90 Å². The monoisotopic (exact) mass is 312 g/mol. The van der Waals surface area contributed by atoms with E-state index in [1.54, 1.807) is 0 Å². The van der Waals surface area contributed by atoms with E-state index in [9.17, 15) is 5.11 Å². The van der Waals surface area contributed by atoms with Gasteiger partial charge in [-0.25, -0.2) is 9.97 Å². The molecule has 0 radical (unpaired) electrons. The summed E-state index contributed by atoms with van der Waals surface area (Å²) in [4.78, 5) is 13.3. The fourth-order valence-corrected chi connectivity index (χ4v) is 3.21. The van der Waals surface area contributed by atoms with Crippen molar-refractivity contribution in [2.75, 3.05) is 32.1 Å². The highest BCUT2D eigenvalue weighted by atomic mass is 16.3. The van der Waals surface area contributed by atoms with Crippen LogP contribution in [0.3, 0.4) is 0 Å². The first-order valence-electron chi connectivity index (χ1n) is 8.03. The number of hydrogen-bond donors (Lipinski definition) is 1. The van der Waals surface area contributed by atoms with Crippen molar-refractivity contribution in [1.82, 2.24) is 14.9 Å². The Morgan fingerprint density at radius 1 is 1.26 bits per heavy atom. The van der Waals surface area contributed by atoms with E-state index in [0.717, 1.165) is 36.8 Å². The van der Waals surface area contributed by atoms with Crippen LogP contribution in [0.1, 0.15) is 28.6 Å². The van der Waals surface area contributed by atoms with Gasteiger partial charge in [-0.3, -0.25) is 4.90 Å². The lowest BCUT2D eigenvalue weighted by molar-refractivity contribution is 0.107. The number of benzene rings is 1. The molecule has 1 aliphatic heterocycles. The third kappa shape index (κ3) is 3.35. The second-order valence-electron chi connectivity index (χ2n) is 6.31. The highest BCUT2D eigenvalue weighted by molar-refractivity contribution is 5.33. The van der Waals surface area contributed by atoms with Crippen molar-refractivity contribution >= 4 is 5.95 Å². The van der Waals surface area contributed by atoms with Gasteiger partial charge in [0.15, 0.2) is 0 Å². The minimum atomic E-state index is 0.0398. The number of anilines is 1. The Bertz CT molecular complexity index is 686. The molecule has 5 heteroatoms. The van der Waals surface area contributed by atoms with Crippen molar-refractivity contribution < 1.29 is 5.11 Å². The summed E-state index contributed by atoms with van der Waals surface area (Å²) in [6.45, 7) is 3.78. The summed E-state index contributed by atoms with van der Waals surface area (Å²) in [6.07, 6.45) is 1.01. The lowest BCUT2D eigenvalue weighted by atomic mass is 9.93. The van der Waals surface area contributed by atoms with Crippen molar-refractivity contribution in [1.29, 1.82) is 0 Å². The Balaban J connectivity index is 1.86. The van der Waals surface area contributed by atoms with Crippen LogP contribution in [0.2, 0.25) is 0 Å². The lowest BCUT2D eigenvalue weighted by Crippen LogP contribution is -2.37. The Kier molecular flexibility index (Phi) is 4.59. The van der Waals surface area contributed by atoms with Crippen molar-refractivity contribution in [3.8, 4) is 0 Å². The molecule has 0 amide bonds. The number of nitrogens with zero attached hydrogens (tertiary/aromatic N) is 4. The van der Waals surface area contributed by atoms with E-state index in [4.69, 9.17) is 0 Å². The van der Waals surface area contributed by atoms with Gasteiger partial charge in [0, 0.05) is 32.9 Å². The topological polar surface area (TPSA) is 52.5 Å². The maximum atomic E-state index is 9.90. The summed E-state index contributed by atoms with van der Waals surface area (Å²) in [6, 6.07) is 10.5. The van der Waals surface area contributed by atoms with Crippen LogP contribution in [0.4, 0.5) is 5.95 Å². The molecule has 122 valence electrons. The first-order valence-corrected chi connectivity index (χ1v) is 8.03. The summed E-state index contributed by atoms with van der Waals surface area (Å²) in [5.41, 5.74) is 4.55. The Labute approximate surface area is 137 Å². The van der Waals surface area contributed by atoms with Gasteiger partial charge in [-0.2, -0.15) is 0 Å². The molecule has 2 heterocycles. The van der Waals surface area contributed by atoms with Crippen molar-refractivity contribution in [2.45, 2.75) is 25.9 Å². The van der Waals surface area contributed by atoms with Crippen LogP contribution in [0.25, 0.3) is 0 Å². The Hall–Kier alpha value is -1.98. The van der Waals surface area contributed by atoms with Crippen molar-refractivity contribution in [3.05, 3.63) is 52.8 Å². The SMILES string of the molecule is Cc1cc(CN2CCc3ccccc3C2CO)nc(N(C)C)n1. The molecular weight excluding hydrogens is 288 g/mol. The molecule has 3 rings (SSSR count). The zero-order chi connectivity index (χ0) is 16.4. The normalized spacial score (nSPS) is 17.8. The number of fused-ring (bicyclic) bond motifs is 1. The van der Waals surface area contributed by atoms with Crippen LogP contribution in [-0.2, 0) is 13.0 Å². The summed E-state index contributed by atoms with van der Waals surface area (Å²) in [5, 5.41) is 9.90. The smallest absolute Gasteiger partial charge is 0.225 e. The predicted octanol–water partition coefficient (Wildman–Crippen LogP) is 1.94. The third-order valence-electron chi connectivity index (χ3n) is 4.36. The minimum absolute atomic E-state index is 0.0398. The number of aliphatic hydroxyl groups excluding tert-OH is 1. The number of rotatable bonds is 4. The van der Waals surface area contributed by atoms with E-state index >= 15 is 0 Å². The van der Waals surface area contributed by atoms with Crippen molar-refractivity contribution in [3.63, 3.8) is 0 Å². The first-order chi connectivity index (χ1) is 11.1. The molecule has 0 aliphatic carbocycles. The number of aromatic nitrogens is 2. The zero-order valence-electron chi connectivity index (χ0n) is 14.0. The van der Waals surface area contributed by atoms with Crippen LogP contribution in [0, 0.1) is 6.92 Å². The summed E-state index contributed by atoms with van der Waals surface area (Å²) < 4.78 is 0. The van der Waals surface area contributed by atoms with E-state index in [2.05, 4.69) is 33.1 Å². The largest absolute Gasteiger partial charge is 0.394 e. The van der Waals surface area contributed by atoms with Crippen LogP contribution >= 0.6 is 0 Å². The fraction of sp³-hybridized carbons (Fsp3) is 0.444. The number of hydrogen-bond acceptors (Lipinski definition) is 5. The molecule has 2 aromatic rings. The summed E-state index contributed by atoms with van der Waals surface area (Å²) in [5.74, 6) is 0.734. The molecule has 0 spiro atoms. The van der Waals surface area contributed by atoms with Gasteiger partial charge in [0.25, 0.3) is 0 Å². The van der Waals surface area contributed by atoms with Gasteiger partial charge in [-0.05, 0) is 30.5 Å². The van der Waals surface area contributed by atoms with Crippen LogP contribution in [0.15, 0.2) is 30.3 Å². The number of aliphatic hydroxyl groups is 1. The average Bonchev–Trinajstić information content (AvgIpc) is 2.54. The van der Waals surface area contributed by atoms with Gasteiger partial charge in [-0.15, -0.1) is 0 Å². The van der Waals surface area contributed by atoms with Gasteiger partial charge in [0.2, 0.25) is 5.95 Å². The molecule has 5 nitrogen and oxygen atoms in total. The standard InChI is InChI=1S/C18H24N4O/c1-13-10-15(20-18(19-13)21(2)3)11-22-9-8-14-6-4-5-7-16(14)17(22)12-23/h4-7,10,17,23H,8-9,11-12H2,1-3H3. The molecule has 0 saturated carbocycles. The third-order valence-corrected chi connectivity index (χ3v) is 4.36. The fourth-order valence-electron chi connectivity index (χ4n) is 3.21. The Morgan fingerprint density at radius 2 is 2.04 bits per heavy atom. The van der Waals surface area contributed by atoms with E-state index in [0.29, 0.717) is 0 Å². The van der Waals surface area contributed by atoms with Crippen LogP contribution in [-0.4, -0.2) is 47.2 Å². The molecule has 23 heavy (non-hydrogen) atoms. The molecule has 1 N–H and O–H groups in total. The summed E-state index contributed by atoms with van der Waals surface area (Å²) in [7, 11) is 3.90. The molecular formula is C18H24N4O. The first kappa shape index (κ1) is 15.9. The van der Waals surface area contributed by atoms with Gasteiger partial charge in [0.05, 0.1) is 18.3 Å². The predicted molar refractivity (Wildman–Crippen MR) is 91.5 cm³/mol. The lowest BCUT2D eigenvalue weighted by Gasteiger charge is -2.36. The van der Waals surface area contributed by atoms with Crippen molar-refractivity contribution in [2.24, 2.45) is 0 Å². The quantitative estimate of drug-likeness (QED) is 0.935. The van der Waals surface area contributed by atoms with Gasteiger partial charge >= 0.3 is 0 Å². The second-order valence-corrected chi connectivity index (χ2v) is 6.31. The van der Waals surface area contributed by atoms with Gasteiger partial charge in [0.1, 0.15) is 0 Å². The minimum Gasteiger partial charge on any atom is -0.394 e. The van der Waals surface area contributed by atoms with Crippen LogP contribution in [0.5, 0.6) is 0 Å². The van der Waals surface area contributed by atoms with E-state index in [-0.39, 0.29) is 12.6 Å². The maximum absolute atomic E-state index is 9.90.